The maximum Gasteiger partial charge on any atom is 0.189 e. The molecule has 0 radical (unpaired) electrons. The molecular formula is C18H20O2S2. The standard InChI is InChI=1S/C18H20O2S2/c1-18(19)16-6-8-17(9-7-16)22-21-13-11-15-4-2-14(3-5-15)10-12-20-18/h2-9,19H,10-13H2,1H3. The van der Waals surface area contributed by atoms with Gasteiger partial charge in [0.2, 0.25) is 0 Å². The molecule has 116 valence electrons. The molecule has 0 aliphatic carbocycles. The van der Waals surface area contributed by atoms with Crippen molar-refractivity contribution in [3.05, 3.63) is 65.2 Å². The molecule has 0 fully saturated rings. The van der Waals surface area contributed by atoms with Crippen molar-refractivity contribution in [3.8, 4) is 0 Å². The number of benzene rings is 2. The molecular weight excluding hydrogens is 312 g/mol. The van der Waals surface area contributed by atoms with E-state index in [1.54, 1.807) is 17.7 Å². The number of hydrogen-bond acceptors (Lipinski definition) is 4. The molecule has 2 aromatic rings. The van der Waals surface area contributed by atoms with Gasteiger partial charge in [0.15, 0.2) is 5.79 Å². The highest BCUT2D eigenvalue weighted by molar-refractivity contribution is 8.76. The van der Waals surface area contributed by atoms with Gasteiger partial charge in [0.1, 0.15) is 0 Å². The summed E-state index contributed by atoms with van der Waals surface area (Å²) in [5.74, 6) is -0.153. The van der Waals surface area contributed by atoms with Crippen molar-refractivity contribution >= 4 is 21.6 Å². The Kier molecular flexibility index (Phi) is 5.14. The van der Waals surface area contributed by atoms with Gasteiger partial charge < -0.3 is 9.84 Å². The van der Waals surface area contributed by atoms with E-state index in [0.29, 0.717) is 6.61 Å². The summed E-state index contributed by atoms with van der Waals surface area (Å²) in [7, 11) is 3.64. The summed E-state index contributed by atoms with van der Waals surface area (Å²) in [4.78, 5) is 1.20. The largest absolute Gasteiger partial charge is 0.362 e. The number of aliphatic hydroxyl groups is 1. The maximum atomic E-state index is 10.5. The smallest absolute Gasteiger partial charge is 0.189 e. The predicted molar refractivity (Wildman–Crippen MR) is 94.1 cm³/mol. The van der Waals surface area contributed by atoms with Gasteiger partial charge in [-0.05, 0) is 43.0 Å². The van der Waals surface area contributed by atoms with Gasteiger partial charge in [-0.25, -0.2) is 0 Å². The molecule has 0 saturated heterocycles. The van der Waals surface area contributed by atoms with E-state index in [-0.39, 0.29) is 0 Å². The topological polar surface area (TPSA) is 29.5 Å². The van der Waals surface area contributed by atoms with Crippen LogP contribution in [0.2, 0.25) is 0 Å². The Morgan fingerprint density at radius 2 is 1.59 bits per heavy atom. The molecule has 22 heavy (non-hydrogen) atoms. The van der Waals surface area contributed by atoms with Crippen LogP contribution in [-0.2, 0) is 23.4 Å². The Morgan fingerprint density at radius 1 is 0.955 bits per heavy atom. The van der Waals surface area contributed by atoms with Crippen LogP contribution < -0.4 is 0 Å². The van der Waals surface area contributed by atoms with Gasteiger partial charge in [-0.3, -0.25) is 0 Å². The normalized spacial score (nSPS) is 22.8. The number of aryl methyl sites for hydroxylation is 1. The van der Waals surface area contributed by atoms with Crippen molar-refractivity contribution in [2.24, 2.45) is 0 Å². The molecule has 6 rings (SSSR count). The SMILES string of the molecule is CC1(O)OCCc2ccc(cc2)CCSSc2ccc1cc2. The monoisotopic (exact) mass is 332 g/mol. The van der Waals surface area contributed by atoms with Crippen LogP contribution >= 0.6 is 21.6 Å². The highest BCUT2D eigenvalue weighted by atomic mass is 33.1. The molecule has 1 unspecified atom stereocenters. The van der Waals surface area contributed by atoms with Gasteiger partial charge in [-0.1, -0.05) is 58.0 Å². The highest BCUT2D eigenvalue weighted by Gasteiger charge is 2.23. The van der Waals surface area contributed by atoms with Gasteiger partial charge in [-0.2, -0.15) is 0 Å². The van der Waals surface area contributed by atoms with E-state index >= 15 is 0 Å². The Morgan fingerprint density at radius 3 is 2.27 bits per heavy atom. The fourth-order valence-corrected chi connectivity index (χ4v) is 4.44. The zero-order valence-electron chi connectivity index (χ0n) is 12.6. The number of hydrogen-bond donors (Lipinski definition) is 1. The van der Waals surface area contributed by atoms with Crippen LogP contribution in [0.25, 0.3) is 0 Å². The molecule has 4 bridgehead atoms. The lowest BCUT2D eigenvalue weighted by atomic mass is 10.1. The summed E-state index contributed by atoms with van der Waals surface area (Å²) in [5.41, 5.74) is 3.40. The molecule has 4 aliphatic rings. The Bertz CT molecular complexity index is 606. The predicted octanol–water partition coefficient (Wildman–Crippen LogP) is 4.41. The van der Waals surface area contributed by atoms with E-state index in [2.05, 4.69) is 24.3 Å². The average molecular weight is 332 g/mol. The lowest BCUT2D eigenvalue weighted by Crippen LogP contribution is -2.26. The summed E-state index contributed by atoms with van der Waals surface area (Å²) in [6.45, 7) is 2.20. The van der Waals surface area contributed by atoms with Crippen molar-refractivity contribution < 1.29 is 9.84 Å². The zero-order valence-corrected chi connectivity index (χ0v) is 14.3. The lowest BCUT2D eigenvalue weighted by Gasteiger charge is -2.24. The summed E-state index contributed by atoms with van der Waals surface area (Å²) in [6.07, 6.45) is 1.89. The van der Waals surface area contributed by atoms with Crippen LogP contribution in [0, 0.1) is 0 Å². The molecule has 4 aliphatic heterocycles. The van der Waals surface area contributed by atoms with Gasteiger partial charge in [0.05, 0.1) is 6.61 Å². The molecule has 0 saturated carbocycles. The summed E-state index contributed by atoms with van der Waals surface area (Å²) in [6, 6.07) is 16.7. The maximum absolute atomic E-state index is 10.5. The van der Waals surface area contributed by atoms with E-state index in [9.17, 15) is 5.11 Å². The minimum absolute atomic E-state index is 0.499. The van der Waals surface area contributed by atoms with E-state index in [1.807, 2.05) is 35.1 Å². The highest BCUT2D eigenvalue weighted by Crippen LogP contribution is 2.33. The molecule has 1 N–H and O–H groups in total. The number of rotatable bonds is 0. The van der Waals surface area contributed by atoms with E-state index in [0.717, 1.165) is 24.2 Å². The molecule has 1 atom stereocenters. The summed E-state index contributed by atoms with van der Waals surface area (Å²) in [5, 5.41) is 10.5. The Balaban J connectivity index is 1.80. The van der Waals surface area contributed by atoms with Crippen molar-refractivity contribution in [2.45, 2.75) is 30.4 Å². The van der Waals surface area contributed by atoms with Crippen LogP contribution in [0.15, 0.2) is 53.4 Å². The second kappa shape index (κ2) is 7.09. The van der Waals surface area contributed by atoms with Crippen molar-refractivity contribution in [1.82, 2.24) is 0 Å². The third-order valence-corrected chi connectivity index (χ3v) is 6.20. The molecule has 2 nitrogen and oxygen atoms in total. The average Bonchev–Trinajstić information content (AvgIpc) is 2.52. The van der Waals surface area contributed by atoms with E-state index < -0.39 is 5.79 Å². The van der Waals surface area contributed by atoms with Gasteiger partial charge in [0, 0.05) is 16.2 Å². The summed E-state index contributed by atoms with van der Waals surface area (Å²) >= 11 is 0. The minimum atomic E-state index is -1.24. The first kappa shape index (κ1) is 15.9. The van der Waals surface area contributed by atoms with Crippen LogP contribution in [-0.4, -0.2) is 17.5 Å². The first-order valence-electron chi connectivity index (χ1n) is 7.48. The van der Waals surface area contributed by atoms with E-state index in [1.165, 1.54) is 16.0 Å². The second-order valence-corrected chi connectivity index (χ2v) is 8.07. The van der Waals surface area contributed by atoms with Crippen LogP contribution in [0.3, 0.4) is 0 Å². The number of ether oxygens (including phenoxy) is 1. The fourth-order valence-electron chi connectivity index (χ4n) is 2.41. The molecule has 2 aromatic carbocycles. The van der Waals surface area contributed by atoms with E-state index in [4.69, 9.17) is 4.74 Å². The van der Waals surface area contributed by atoms with Gasteiger partial charge in [-0.15, -0.1) is 0 Å². The zero-order chi connectivity index (χ0) is 15.4. The van der Waals surface area contributed by atoms with Gasteiger partial charge >= 0.3 is 0 Å². The van der Waals surface area contributed by atoms with Gasteiger partial charge in [0.25, 0.3) is 0 Å². The third kappa shape index (κ3) is 4.07. The minimum Gasteiger partial charge on any atom is -0.362 e. The Labute approximate surface area is 139 Å². The van der Waals surface area contributed by atoms with Crippen molar-refractivity contribution in [3.63, 3.8) is 0 Å². The fraction of sp³-hybridized carbons (Fsp3) is 0.333. The quantitative estimate of drug-likeness (QED) is 0.724. The molecule has 0 spiro atoms. The van der Waals surface area contributed by atoms with Crippen LogP contribution in [0.1, 0.15) is 23.6 Å². The lowest BCUT2D eigenvalue weighted by molar-refractivity contribution is -0.198. The van der Waals surface area contributed by atoms with Crippen LogP contribution in [0.5, 0.6) is 0 Å². The molecule has 4 heteroatoms. The molecule has 4 heterocycles. The first-order valence-corrected chi connectivity index (χ1v) is 9.79. The molecule has 0 aromatic heterocycles. The third-order valence-electron chi connectivity index (χ3n) is 3.82. The first-order chi connectivity index (χ1) is 10.6. The Hall–Kier alpha value is -0.940. The summed E-state index contributed by atoms with van der Waals surface area (Å²) < 4.78 is 5.71. The second-order valence-electron chi connectivity index (χ2n) is 5.58. The van der Waals surface area contributed by atoms with Crippen molar-refractivity contribution in [2.75, 3.05) is 12.4 Å². The van der Waals surface area contributed by atoms with Crippen LogP contribution in [0.4, 0.5) is 0 Å². The molecule has 0 amide bonds. The van der Waals surface area contributed by atoms with Crippen molar-refractivity contribution in [1.29, 1.82) is 0 Å².